The number of hydrogen-bond acceptors (Lipinski definition) is 1. The van der Waals surface area contributed by atoms with Crippen molar-refractivity contribution in [1.29, 1.82) is 0 Å². The Morgan fingerprint density at radius 3 is 2.17 bits per heavy atom. The van der Waals surface area contributed by atoms with Crippen molar-refractivity contribution in [3.63, 3.8) is 0 Å². The number of hydrogen-bond donors (Lipinski definition) is 0. The van der Waals surface area contributed by atoms with Gasteiger partial charge in [-0.1, -0.05) is 32.9 Å². The molecular formula is C11H20O. The van der Waals surface area contributed by atoms with Crippen LogP contribution in [0.4, 0.5) is 0 Å². The average Bonchev–Trinajstić information content (AvgIpc) is 1.98. The lowest BCUT2D eigenvalue weighted by Crippen LogP contribution is -2.11. The molecule has 0 fully saturated rings. The summed E-state index contributed by atoms with van der Waals surface area (Å²) >= 11 is 0. The fourth-order valence-corrected chi connectivity index (χ4v) is 1.36. The second-order valence-electron chi connectivity index (χ2n) is 3.74. The smallest absolute Gasteiger partial charge is 0.130 e. The molecule has 0 amide bonds. The van der Waals surface area contributed by atoms with Gasteiger partial charge in [-0.05, 0) is 25.2 Å². The lowest BCUT2D eigenvalue weighted by Gasteiger charge is -2.19. The Balaban J connectivity index is 4.15. The van der Waals surface area contributed by atoms with Gasteiger partial charge in [0.2, 0.25) is 0 Å². The minimum atomic E-state index is 0.267. The van der Waals surface area contributed by atoms with Crippen molar-refractivity contribution in [3.05, 3.63) is 12.2 Å². The molecule has 0 heterocycles. The van der Waals surface area contributed by atoms with E-state index < -0.39 is 0 Å². The number of rotatable bonds is 5. The van der Waals surface area contributed by atoms with Gasteiger partial charge in [0.05, 0.1) is 0 Å². The van der Waals surface area contributed by atoms with Crippen LogP contribution in [0.5, 0.6) is 0 Å². The van der Waals surface area contributed by atoms with Gasteiger partial charge in [0.25, 0.3) is 0 Å². The minimum absolute atomic E-state index is 0.267. The summed E-state index contributed by atoms with van der Waals surface area (Å²) in [5, 5.41) is 0. The van der Waals surface area contributed by atoms with Gasteiger partial charge >= 0.3 is 0 Å². The predicted octanol–water partition coefficient (Wildman–Crippen LogP) is 3.20. The third-order valence-corrected chi connectivity index (χ3v) is 2.29. The first-order chi connectivity index (χ1) is 5.49. The highest BCUT2D eigenvalue weighted by Gasteiger charge is 2.14. The highest BCUT2D eigenvalue weighted by Crippen LogP contribution is 2.24. The van der Waals surface area contributed by atoms with Crippen molar-refractivity contribution in [1.82, 2.24) is 0 Å². The van der Waals surface area contributed by atoms with Crippen LogP contribution in [-0.4, -0.2) is 5.78 Å². The zero-order chi connectivity index (χ0) is 9.72. The van der Waals surface area contributed by atoms with E-state index in [4.69, 9.17) is 0 Å². The molecule has 1 heteroatoms. The molecule has 0 rings (SSSR count). The van der Waals surface area contributed by atoms with E-state index in [1.165, 1.54) is 5.57 Å². The maximum absolute atomic E-state index is 10.9. The molecule has 0 bridgehead atoms. The highest BCUT2D eigenvalue weighted by atomic mass is 16.1. The molecule has 0 radical (unpaired) electrons. The number of ketones is 1. The van der Waals surface area contributed by atoms with Gasteiger partial charge in [0.1, 0.15) is 5.78 Å². The van der Waals surface area contributed by atoms with Crippen LogP contribution in [0.15, 0.2) is 12.2 Å². The fraction of sp³-hybridized carbons (Fsp3) is 0.727. The first-order valence-electron chi connectivity index (χ1n) is 4.67. The maximum atomic E-state index is 10.9. The molecule has 1 unspecified atom stereocenters. The number of carbonyl (C=O) groups excluding carboxylic acids is 1. The van der Waals surface area contributed by atoms with Crippen LogP contribution in [0.1, 0.15) is 40.5 Å². The van der Waals surface area contributed by atoms with Gasteiger partial charge in [0, 0.05) is 6.42 Å². The first-order valence-corrected chi connectivity index (χ1v) is 4.67. The molecule has 0 aromatic heterocycles. The maximum Gasteiger partial charge on any atom is 0.130 e. The summed E-state index contributed by atoms with van der Waals surface area (Å²) in [4.78, 5) is 10.9. The van der Waals surface area contributed by atoms with E-state index >= 15 is 0 Å². The molecule has 0 spiro atoms. The van der Waals surface area contributed by atoms with Gasteiger partial charge < -0.3 is 4.79 Å². The minimum Gasteiger partial charge on any atom is -0.300 e. The largest absolute Gasteiger partial charge is 0.300 e. The highest BCUT2D eigenvalue weighted by molar-refractivity contribution is 5.76. The molecule has 0 aromatic rings. The van der Waals surface area contributed by atoms with Crippen molar-refractivity contribution in [2.24, 2.45) is 11.8 Å². The predicted molar refractivity (Wildman–Crippen MR) is 53.1 cm³/mol. The molecule has 0 aromatic carbocycles. The summed E-state index contributed by atoms with van der Waals surface area (Å²) in [6, 6.07) is 0. The second kappa shape index (κ2) is 5.13. The van der Waals surface area contributed by atoms with Crippen LogP contribution in [0.3, 0.4) is 0 Å². The Hall–Kier alpha value is -0.590. The normalized spacial score (nSPS) is 13.1. The Bertz CT molecular complexity index is 168. The molecule has 70 valence electrons. The molecule has 1 atom stereocenters. The quantitative estimate of drug-likeness (QED) is 0.576. The molecule has 12 heavy (non-hydrogen) atoms. The number of carbonyl (C=O) groups is 1. The van der Waals surface area contributed by atoms with Crippen molar-refractivity contribution in [3.8, 4) is 0 Å². The lowest BCUT2D eigenvalue weighted by atomic mass is 9.86. The van der Waals surface area contributed by atoms with Crippen molar-refractivity contribution in [2.75, 3.05) is 0 Å². The standard InChI is InChI=1S/C11H20O/c1-6-11(7-9(4)12)10(5)8(2)3/h8,11H,5-7H2,1-4H3. The number of allylic oxidation sites excluding steroid dienone is 1. The molecule has 0 aliphatic heterocycles. The van der Waals surface area contributed by atoms with Gasteiger partial charge in [-0.15, -0.1) is 0 Å². The molecule has 0 saturated carbocycles. The van der Waals surface area contributed by atoms with Crippen LogP contribution in [0, 0.1) is 11.8 Å². The topological polar surface area (TPSA) is 17.1 Å². The summed E-state index contributed by atoms with van der Waals surface area (Å²) < 4.78 is 0. The van der Waals surface area contributed by atoms with E-state index in [0.717, 1.165) is 6.42 Å². The zero-order valence-corrected chi connectivity index (χ0v) is 8.68. The zero-order valence-electron chi connectivity index (χ0n) is 8.68. The van der Waals surface area contributed by atoms with Crippen molar-refractivity contribution >= 4 is 5.78 Å². The van der Waals surface area contributed by atoms with E-state index in [1.54, 1.807) is 6.92 Å². The summed E-state index contributed by atoms with van der Waals surface area (Å²) in [7, 11) is 0. The summed E-state index contributed by atoms with van der Waals surface area (Å²) in [5.74, 6) is 1.15. The SMILES string of the molecule is C=C(C(C)C)C(CC)CC(C)=O. The second-order valence-corrected chi connectivity index (χ2v) is 3.74. The Labute approximate surface area is 75.9 Å². The third kappa shape index (κ3) is 3.70. The van der Waals surface area contributed by atoms with Gasteiger partial charge in [-0.3, -0.25) is 0 Å². The Kier molecular flexibility index (Phi) is 4.87. The number of Topliss-reactive ketones (excluding diaryl/α,β-unsaturated/α-hetero) is 1. The van der Waals surface area contributed by atoms with Gasteiger partial charge in [-0.2, -0.15) is 0 Å². The van der Waals surface area contributed by atoms with E-state index in [0.29, 0.717) is 18.3 Å². The fourth-order valence-electron chi connectivity index (χ4n) is 1.36. The molecule has 0 N–H and O–H groups in total. The monoisotopic (exact) mass is 168 g/mol. The van der Waals surface area contributed by atoms with Gasteiger partial charge in [-0.25, -0.2) is 0 Å². The van der Waals surface area contributed by atoms with E-state index in [-0.39, 0.29) is 5.78 Å². The van der Waals surface area contributed by atoms with Crippen LogP contribution in [0.2, 0.25) is 0 Å². The van der Waals surface area contributed by atoms with Crippen LogP contribution in [-0.2, 0) is 4.79 Å². The van der Waals surface area contributed by atoms with Gasteiger partial charge in [0.15, 0.2) is 0 Å². The molecule has 0 saturated heterocycles. The van der Waals surface area contributed by atoms with E-state index in [1.807, 2.05) is 0 Å². The summed E-state index contributed by atoms with van der Waals surface area (Å²) in [5.41, 5.74) is 1.22. The first kappa shape index (κ1) is 11.4. The van der Waals surface area contributed by atoms with E-state index in [2.05, 4.69) is 27.4 Å². The van der Waals surface area contributed by atoms with Crippen LogP contribution < -0.4 is 0 Å². The van der Waals surface area contributed by atoms with Crippen LogP contribution in [0.25, 0.3) is 0 Å². The molecule has 0 aliphatic rings. The summed E-state index contributed by atoms with van der Waals surface area (Å²) in [6.45, 7) is 12.0. The van der Waals surface area contributed by atoms with Crippen molar-refractivity contribution < 1.29 is 4.79 Å². The third-order valence-electron chi connectivity index (χ3n) is 2.29. The van der Waals surface area contributed by atoms with Crippen LogP contribution >= 0.6 is 0 Å². The average molecular weight is 168 g/mol. The molecule has 1 nitrogen and oxygen atoms in total. The van der Waals surface area contributed by atoms with E-state index in [9.17, 15) is 4.79 Å². The Morgan fingerprint density at radius 1 is 1.42 bits per heavy atom. The molecule has 0 aliphatic carbocycles. The molecular weight excluding hydrogens is 148 g/mol. The Morgan fingerprint density at radius 2 is 1.92 bits per heavy atom. The van der Waals surface area contributed by atoms with Crippen molar-refractivity contribution in [2.45, 2.75) is 40.5 Å². The lowest BCUT2D eigenvalue weighted by molar-refractivity contribution is -0.117. The summed E-state index contributed by atoms with van der Waals surface area (Å²) in [6.07, 6.45) is 1.68.